The summed E-state index contributed by atoms with van der Waals surface area (Å²) >= 11 is 1.46. The Morgan fingerprint density at radius 3 is 1.62 bits per heavy atom. The Morgan fingerprint density at radius 2 is 1.07 bits per heavy atom. The molecule has 300 valence electrons. The molecule has 0 spiro atoms. The van der Waals surface area contributed by atoms with Crippen LogP contribution in [-0.2, 0) is 50.7 Å². The van der Waals surface area contributed by atoms with E-state index < -0.39 is 22.5 Å². The highest BCUT2D eigenvalue weighted by atomic mass is 32.2. The van der Waals surface area contributed by atoms with Crippen LogP contribution in [0.3, 0.4) is 0 Å². The third-order valence-electron chi connectivity index (χ3n) is 12.0. The third kappa shape index (κ3) is 8.06. The monoisotopic (exact) mass is 798 g/mol. The van der Waals surface area contributed by atoms with Crippen molar-refractivity contribution >= 4 is 56.1 Å². The molecular weight excluding hydrogens is 741 g/mol. The normalized spacial score (nSPS) is 17.7. The molecular formula is C46H58N2O6S2. The van der Waals surface area contributed by atoms with Gasteiger partial charge in [0.2, 0.25) is 0 Å². The second-order valence-electron chi connectivity index (χ2n) is 17.8. The summed E-state index contributed by atoms with van der Waals surface area (Å²) < 4.78 is 43.7. The largest absolute Gasteiger partial charge is 0.465 e. The Morgan fingerprint density at radius 1 is 0.607 bits per heavy atom. The van der Waals surface area contributed by atoms with E-state index in [0.717, 1.165) is 47.1 Å². The van der Waals surface area contributed by atoms with Crippen LogP contribution in [0, 0.1) is 0 Å². The molecule has 0 saturated heterocycles. The molecule has 0 fully saturated rings. The van der Waals surface area contributed by atoms with Gasteiger partial charge in [0, 0.05) is 15.7 Å². The van der Waals surface area contributed by atoms with Crippen molar-refractivity contribution in [2.75, 3.05) is 34.9 Å². The molecule has 0 N–H and O–H groups in total. The summed E-state index contributed by atoms with van der Waals surface area (Å²) in [6.07, 6.45) is 4.11. The van der Waals surface area contributed by atoms with E-state index in [-0.39, 0.29) is 52.3 Å². The molecule has 0 bridgehead atoms. The molecule has 0 amide bonds. The van der Waals surface area contributed by atoms with Gasteiger partial charge in [0.15, 0.2) is 0 Å². The van der Waals surface area contributed by atoms with Crippen molar-refractivity contribution in [2.24, 2.45) is 0 Å². The summed E-state index contributed by atoms with van der Waals surface area (Å²) in [7, 11) is -4.28. The van der Waals surface area contributed by atoms with E-state index >= 15 is 0 Å². The van der Waals surface area contributed by atoms with Gasteiger partial charge in [0.1, 0.15) is 13.1 Å². The van der Waals surface area contributed by atoms with E-state index in [1.165, 1.54) is 27.4 Å². The molecule has 56 heavy (non-hydrogen) atoms. The molecule has 2 aliphatic carbocycles. The zero-order chi connectivity index (χ0) is 40.8. The molecule has 6 rings (SSSR count). The second-order valence-corrected chi connectivity index (χ2v) is 20.8. The first-order chi connectivity index (χ1) is 26.2. The minimum Gasteiger partial charge on any atom is -0.465 e. The molecule has 0 saturated carbocycles. The van der Waals surface area contributed by atoms with Crippen LogP contribution in [0.5, 0.6) is 0 Å². The number of ether oxygens (including phenoxy) is 2. The van der Waals surface area contributed by atoms with Gasteiger partial charge < -0.3 is 13.8 Å². The number of benzene rings is 4. The van der Waals surface area contributed by atoms with Crippen LogP contribution in [0.4, 0.5) is 11.4 Å². The Hall–Kier alpha value is -4.02. The predicted molar refractivity (Wildman–Crippen MR) is 228 cm³/mol. The number of fused-ring (bicyclic) bond motifs is 3. The Kier molecular flexibility index (Phi) is 11.4. The highest BCUT2D eigenvalue weighted by Gasteiger charge is 2.40. The number of sulfonamides is 1. The molecule has 8 nitrogen and oxygen atoms in total. The highest BCUT2D eigenvalue weighted by molar-refractivity contribution is 8.00. The van der Waals surface area contributed by atoms with Crippen molar-refractivity contribution in [1.82, 2.24) is 0 Å². The number of esters is 2. The lowest BCUT2D eigenvalue weighted by Gasteiger charge is -2.42. The molecule has 0 aromatic heterocycles. The molecule has 4 aromatic rings. The van der Waals surface area contributed by atoms with Gasteiger partial charge in [0.25, 0.3) is 10.0 Å². The number of hydrogen-bond acceptors (Lipinski definition) is 8. The van der Waals surface area contributed by atoms with Crippen LogP contribution in [0.2, 0.25) is 0 Å². The molecule has 0 heterocycles. The summed E-state index contributed by atoms with van der Waals surface area (Å²) in [4.78, 5) is 27.5. The Labute approximate surface area is 338 Å². The quantitative estimate of drug-likeness (QED) is 0.103. The van der Waals surface area contributed by atoms with Crippen molar-refractivity contribution in [3.63, 3.8) is 0 Å². The van der Waals surface area contributed by atoms with Gasteiger partial charge in [0.05, 0.1) is 29.5 Å². The maximum Gasteiger partial charge on any atom is 0.326 e. The van der Waals surface area contributed by atoms with Gasteiger partial charge in [-0.1, -0.05) is 91.8 Å². The zero-order valence-electron chi connectivity index (χ0n) is 34.7. The molecule has 0 radical (unpaired) electrons. The van der Waals surface area contributed by atoms with Gasteiger partial charge in [-0.3, -0.25) is 13.9 Å². The maximum absolute atomic E-state index is 14.9. The second kappa shape index (κ2) is 15.4. The summed E-state index contributed by atoms with van der Waals surface area (Å²) in [5.41, 5.74) is 5.61. The lowest BCUT2D eigenvalue weighted by Crippen LogP contribution is -2.38. The van der Waals surface area contributed by atoms with E-state index in [9.17, 15) is 18.0 Å². The van der Waals surface area contributed by atoms with Crippen LogP contribution in [0.15, 0.2) is 82.6 Å². The van der Waals surface area contributed by atoms with Crippen LogP contribution < -0.4 is 8.61 Å². The molecule has 2 aliphatic rings. The van der Waals surface area contributed by atoms with Crippen molar-refractivity contribution in [2.45, 2.75) is 126 Å². The summed E-state index contributed by atoms with van der Waals surface area (Å²) in [5.74, 6) is -1.03. The summed E-state index contributed by atoms with van der Waals surface area (Å²) in [5, 5.41) is 1.33. The molecule has 4 aromatic carbocycles. The van der Waals surface area contributed by atoms with Crippen molar-refractivity contribution < 1.29 is 27.5 Å². The number of carbonyl (C=O) groups is 2. The van der Waals surface area contributed by atoms with E-state index in [0.29, 0.717) is 16.8 Å². The smallest absolute Gasteiger partial charge is 0.326 e. The molecule has 0 unspecified atom stereocenters. The predicted octanol–water partition coefficient (Wildman–Crippen LogP) is 10.4. The first-order valence-corrected chi connectivity index (χ1v) is 22.0. The first kappa shape index (κ1) is 41.6. The fourth-order valence-electron chi connectivity index (χ4n) is 8.42. The Balaban J connectivity index is 1.48. The number of rotatable bonds is 12. The summed E-state index contributed by atoms with van der Waals surface area (Å²) in [6, 6.07) is 23.1. The topological polar surface area (TPSA) is 93.2 Å². The van der Waals surface area contributed by atoms with Crippen LogP contribution in [-0.4, -0.2) is 46.7 Å². The number of anilines is 2. The van der Waals surface area contributed by atoms with E-state index in [2.05, 4.69) is 73.6 Å². The SMILES string of the molecule is CCOC(=O)CN(Sc1ccc2c(c1)C(C)(C)CCC2(C)C)c1ccc(N(CC(=O)OCC)S(=O)(=O)c2ccc3c(c2)C(C)(C)CCC3(C)C)c2ccccc12. The number of hydrogen-bond donors (Lipinski definition) is 0. The number of carbonyl (C=O) groups excluding carboxylic acids is 2. The van der Waals surface area contributed by atoms with Gasteiger partial charge in [-0.2, -0.15) is 0 Å². The average molecular weight is 799 g/mol. The fraction of sp³-hybridized carbons (Fsp3) is 0.478. The van der Waals surface area contributed by atoms with Crippen molar-refractivity contribution in [3.05, 3.63) is 95.1 Å². The first-order valence-electron chi connectivity index (χ1n) is 19.8. The van der Waals surface area contributed by atoms with E-state index in [4.69, 9.17) is 9.47 Å². The summed E-state index contributed by atoms with van der Waals surface area (Å²) in [6.45, 7) is 21.2. The van der Waals surface area contributed by atoms with Crippen LogP contribution >= 0.6 is 11.9 Å². The van der Waals surface area contributed by atoms with Crippen molar-refractivity contribution in [3.8, 4) is 0 Å². The van der Waals surface area contributed by atoms with Gasteiger partial charge in [-0.05, 0) is 132 Å². The minimum absolute atomic E-state index is 0.000371. The number of nitrogens with zero attached hydrogens (tertiary/aromatic N) is 2. The molecule has 0 aliphatic heterocycles. The fourth-order valence-corrected chi connectivity index (χ4v) is 10.9. The standard InChI is InChI=1S/C46H58N2O6S2/c1-11-53-41(49)29-47(55-31-17-19-35-37(27-31)45(7,8)25-23-43(35,3)4)39-21-22-40(34-16-14-13-15-33(34)39)48(30-42(50)54-12-2)56(51,52)32-18-20-36-38(28-32)46(9,10)26-24-44(36,5)6/h13-22,27-28H,11-12,23-26,29-30H2,1-10H3. The molecule has 0 atom stereocenters. The highest BCUT2D eigenvalue weighted by Crippen LogP contribution is 2.49. The Bertz CT molecular complexity index is 2260. The van der Waals surface area contributed by atoms with Crippen LogP contribution in [0.25, 0.3) is 10.8 Å². The van der Waals surface area contributed by atoms with E-state index in [1.807, 2.05) is 40.7 Å². The maximum atomic E-state index is 14.9. The van der Waals surface area contributed by atoms with Gasteiger partial charge >= 0.3 is 11.9 Å². The third-order valence-corrected chi connectivity index (χ3v) is 14.8. The molecule has 10 heteroatoms. The van der Waals surface area contributed by atoms with E-state index in [1.54, 1.807) is 32.0 Å². The minimum atomic E-state index is -4.28. The van der Waals surface area contributed by atoms with Crippen LogP contribution in [0.1, 0.15) is 117 Å². The lowest BCUT2D eigenvalue weighted by molar-refractivity contribution is -0.142. The van der Waals surface area contributed by atoms with Gasteiger partial charge in [-0.15, -0.1) is 0 Å². The van der Waals surface area contributed by atoms with Crippen molar-refractivity contribution in [1.29, 1.82) is 0 Å². The van der Waals surface area contributed by atoms with Gasteiger partial charge in [-0.25, -0.2) is 8.42 Å². The average Bonchev–Trinajstić information content (AvgIpc) is 3.14. The zero-order valence-corrected chi connectivity index (χ0v) is 36.4. The lowest BCUT2D eigenvalue weighted by atomic mass is 9.63.